The zero-order valence-electron chi connectivity index (χ0n) is 16.1. The first kappa shape index (κ1) is 17.8. The second-order valence-corrected chi connectivity index (χ2v) is 8.11. The average molecular weight is 386 g/mol. The largest absolute Gasteiger partial charge is 0.360 e. The van der Waals surface area contributed by atoms with Crippen LogP contribution in [0.15, 0.2) is 47.8 Å². The number of benzene rings is 1. The van der Waals surface area contributed by atoms with Crippen molar-refractivity contribution in [3.8, 4) is 0 Å². The maximum absolute atomic E-state index is 13.5. The Kier molecular flexibility index (Phi) is 4.27. The van der Waals surface area contributed by atoms with Gasteiger partial charge in [-0.3, -0.25) is 4.79 Å². The van der Waals surface area contributed by atoms with Crippen molar-refractivity contribution < 1.29 is 4.79 Å². The second kappa shape index (κ2) is 6.96. The van der Waals surface area contributed by atoms with E-state index in [0.29, 0.717) is 5.82 Å². The first-order valence-corrected chi connectivity index (χ1v) is 10.1. The summed E-state index contributed by atoms with van der Waals surface area (Å²) in [5, 5.41) is 6.17. The summed E-state index contributed by atoms with van der Waals surface area (Å²) in [4.78, 5) is 27.4. The van der Waals surface area contributed by atoms with Crippen molar-refractivity contribution >= 4 is 23.8 Å². The summed E-state index contributed by atoms with van der Waals surface area (Å²) in [5.74, 6) is 1.27. The van der Waals surface area contributed by atoms with Crippen molar-refractivity contribution in [1.29, 1.82) is 0 Å². The molecule has 1 saturated carbocycles. The van der Waals surface area contributed by atoms with E-state index in [0.717, 1.165) is 50.2 Å². The van der Waals surface area contributed by atoms with E-state index in [2.05, 4.69) is 36.9 Å². The lowest BCUT2D eigenvalue weighted by molar-refractivity contribution is -0.140. The van der Waals surface area contributed by atoms with Gasteiger partial charge in [0.2, 0.25) is 12.2 Å². The molecule has 1 saturated heterocycles. The van der Waals surface area contributed by atoms with E-state index in [1.54, 1.807) is 11.1 Å². The predicted octanol–water partition coefficient (Wildman–Crippen LogP) is 3.59. The average Bonchev–Trinajstić information content (AvgIpc) is 3.35. The molecule has 3 aliphatic rings. The SMILES string of the molecule is [C-]#[N+]c1cc(N2CCC(C(=O)N3N=CCC3c3ccccc3)C3(CC3)C2)ncn1. The van der Waals surface area contributed by atoms with Crippen molar-refractivity contribution in [3.63, 3.8) is 0 Å². The fourth-order valence-corrected chi connectivity index (χ4v) is 4.72. The third-order valence-corrected chi connectivity index (χ3v) is 6.44. The van der Waals surface area contributed by atoms with Gasteiger partial charge in [-0.25, -0.2) is 5.01 Å². The fourth-order valence-electron chi connectivity index (χ4n) is 4.72. The number of piperidine rings is 1. The molecular weight excluding hydrogens is 364 g/mol. The van der Waals surface area contributed by atoms with E-state index < -0.39 is 0 Å². The maximum atomic E-state index is 13.5. The number of anilines is 1. The third-order valence-electron chi connectivity index (χ3n) is 6.44. The topological polar surface area (TPSA) is 66.1 Å². The monoisotopic (exact) mass is 386 g/mol. The molecule has 2 aliphatic heterocycles. The minimum absolute atomic E-state index is 0.000572. The van der Waals surface area contributed by atoms with Crippen LogP contribution in [0.2, 0.25) is 0 Å². The summed E-state index contributed by atoms with van der Waals surface area (Å²) in [5.41, 5.74) is 1.13. The molecule has 146 valence electrons. The molecule has 2 aromatic rings. The van der Waals surface area contributed by atoms with Gasteiger partial charge >= 0.3 is 0 Å². The second-order valence-electron chi connectivity index (χ2n) is 8.11. The van der Waals surface area contributed by atoms with Crippen LogP contribution in [0, 0.1) is 17.9 Å². The third kappa shape index (κ3) is 3.15. The Bertz CT molecular complexity index is 994. The van der Waals surface area contributed by atoms with Crippen LogP contribution in [0.25, 0.3) is 4.85 Å². The Balaban J connectivity index is 1.34. The van der Waals surface area contributed by atoms with Crippen LogP contribution in [-0.4, -0.2) is 40.2 Å². The zero-order valence-corrected chi connectivity index (χ0v) is 16.1. The molecule has 2 atom stereocenters. The van der Waals surface area contributed by atoms with Gasteiger partial charge in [-0.1, -0.05) is 36.9 Å². The van der Waals surface area contributed by atoms with Gasteiger partial charge < -0.3 is 9.74 Å². The molecule has 1 aliphatic carbocycles. The highest BCUT2D eigenvalue weighted by Crippen LogP contribution is 2.57. The van der Waals surface area contributed by atoms with Gasteiger partial charge in [0.15, 0.2) is 0 Å². The van der Waals surface area contributed by atoms with Crippen molar-refractivity contribution in [3.05, 3.63) is 59.7 Å². The molecule has 2 fully saturated rings. The van der Waals surface area contributed by atoms with Crippen LogP contribution in [0.5, 0.6) is 0 Å². The first-order valence-electron chi connectivity index (χ1n) is 10.1. The molecule has 1 aromatic carbocycles. The Labute approximate surface area is 169 Å². The number of amides is 1. The molecule has 7 heteroatoms. The quantitative estimate of drug-likeness (QED) is 0.756. The minimum Gasteiger partial charge on any atom is -0.360 e. The lowest BCUT2D eigenvalue weighted by atomic mass is 9.81. The molecule has 7 nitrogen and oxygen atoms in total. The van der Waals surface area contributed by atoms with Crippen molar-refractivity contribution in [2.75, 3.05) is 18.0 Å². The number of aromatic nitrogens is 2. The van der Waals surface area contributed by atoms with E-state index in [4.69, 9.17) is 6.57 Å². The van der Waals surface area contributed by atoms with E-state index >= 15 is 0 Å². The van der Waals surface area contributed by atoms with Crippen LogP contribution in [0.3, 0.4) is 0 Å². The van der Waals surface area contributed by atoms with E-state index in [9.17, 15) is 4.79 Å². The molecule has 0 bridgehead atoms. The highest BCUT2D eigenvalue weighted by Gasteiger charge is 2.56. The number of carbonyl (C=O) groups excluding carboxylic acids is 1. The summed E-state index contributed by atoms with van der Waals surface area (Å²) in [7, 11) is 0. The number of nitrogens with zero attached hydrogens (tertiary/aromatic N) is 6. The van der Waals surface area contributed by atoms with Crippen molar-refractivity contribution in [2.45, 2.75) is 31.7 Å². The Hall–Kier alpha value is -3.27. The van der Waals surface area contributed by atoms with Gasteiger partial charge in [0.05, 0.1) is 6.04 Å². The number of carbonyl (C=O) groups is 1. The van der Waals surface area contributed by atoms with Crippen LogP contribution in [0.1, 0.15) is 37.3 Å². The maximum Gasteiger partial charge on any atom is 0.274 e. The Morgan fingerprint density at radius 3 is 2.79 bits per heavy atom. The normalized spacial score (nSPS) is 24.5. The summed E-state index contributed by atoms with van der Waals surface area (Å²) >= 11 is 0. The molecule has 0 N–H and O–H groups in total. The minimum atomic E-state index is -0.0117. The summed E-state index contributed by atoms with van der Waals surface area (Å²) in [6.45, 7) is 8.72. The van der Waals surface area contributed by atoms with E-state index in [1.807, 2.05) is 24.4 Å². The molecule has 2 unspecified atom stereocenters. The van der Waals surface area contributed by atoms with Gasteiger partial charge in [-0.2, -0.15) is 10.1 Å². The summed E-state index contributed by atoms with van der Waals surface area (Å²) < 4.78 is 0. The first-order chi connectivity index (χ1) is 14.2. The van der Waals surface area contributed by atoms with Crippen LogP contribution in [0.4, 0.5) is 11.6 Å². The van der Waals surface area contributed by atoms with Crippen molar-refractivity contribution in [1.82, 2.24) is 15.0 Å². The van der Waals surface area contributed by atoms with Crippen LogP contribution < -0.4 is 4.90 Å². The Morgan fingerprint density at radius 2 is 2.03 bits per heavy atom. The highest BCUT2D eigenvalue weighted by atomic mass is 16.2. The summed E-state index contributed by atoms with van der Waals surface area (Å²) in [6.07, 6.45) is 6.95. The number of rotatable bonds is 3. The lowest BCUT2D eigenvalue weighted by Gasteiger charge is -2.40. The molecule has 5 rings (SSSR count). The standard InChI is InChI=1S/C22H22N6O/c1-23-19-13-20(25-15-24-19)27-12-8-17(22(14-27)9-10-22)21(29)28-18(7-11-26-28)16-5-3-2-4-6-16/h2-6,11,13,15,17-18H,7-10,12,14H2. The molecule has 1 amide bonds. The van der Waals surface area contributed by atoms with Crippen LogP contribution >= 0.6 is 0 Å². The van der Waals surface area contributed by atoms with Crippen LogP contribution in [-0.2, 0) is 4.79 Å². The van der Waals surface area contributed by atoms with E-state index in [1.165, 1.54) is 6.33 Å². The number of hydrogen-bond acceptors (Lipinski definition) is 5. The molecule has 29 heavy (non-hydrogen) atoms. The molecule has 1 spiro atoms. The predicted molar refractivity (Wildman–Crippen MR) is 109 cm³/mol. The highest BCUT2D eigenvalue weighted by molar-refractivity contribution is 5.83. The van der Waals surface area contributed by atoms with Gasteiger partial charge in [-0.05, 0) is 30.2 Å². The Morgan fingerprint density at radius 1 is 1.21 bits per heavy atom. The van der Waals surface area contributed by atoms with E-state index in [-0.39, 0.29) is 23.3 Å². The van der Waals surface area contributed by atoms with Gasteiger partial charge in [0.1, 0.15) is 5.82 Å². The molecule has 1 aromatic heterocycles. The summed E-state index contributed by atoms with van der Waals surface area (Å²) in [6, 6.07) is 11.9. The van der Waals surface area contributed by atoms with Gasteiger partial charge in [0.25, 0.3) is 5.82 Å². The van der Waals surface area contributed by atoms with Gasteiger partial charge in [0, 0.05) is 37.7 Å². The lowest BCUT2D eigenvalue weighted by Crippen LogP contribution is -2.48. The van der Waals surface area contributed by atoms with Crippen molar-refractivity contribution in [2.24, 2.45) is 16.4 Å². The number of hydrogen-bond donors (Lipinski definition) is 0. The fraction of sp³-hybridized carbons (Fsp3) is 0.409. The number of hydrazone groups is 1. The molecular formula is C22H22N6O. The van der Waals surface area contributed by atoms with Gasteiger partial charge in [-0.15, -0.1) is 4.98 Å². The smallest absolute Gasteiger partial charge is 0.274 e. The molecule has 0 radical (unpaired) electrons. The molecule has 3 heterocycles. The zero-order chi connectivity index (χ0) is 19.8.